The number of pyridine rings is 1. The molecule has 3 N–H and O–H groups in total. The van der Waals surface area contributed by atoms with Crippen LogP contribution in [0.3, 0.4) is 0 Å². The Bertz CT molecular complexity index is 628. The Morgan fingerprint density at radius 3 is 2.90 bits per heavy atom. The summed E-state index contributed by atoms with van der Waals surface area (Å²) in [5, 5.41) is 3.22. The number of benzene rings is 1. The van der Waals surface area contributed by atoms with E-state index in [1.807, 2.05) is 12.1 Å². The molecule has 0 atom stereocenters. The number of nitrogen functional groups attached to an aromatic ring is 1. The second-order valence-corrected chi connectivity index (χ2v) is 4.79. The molecule has 0 radical (unpaired) electrons. The number of carbonyl (C=O) groups is 1. The van der Waals surface area contributed by atoms with Gasteiger partial charge in [-0.2, -0.15) is 0 Å². The minimum atomic E-state index is -0.195. The average molecular weight is 290 g/mol. The van der Waals surface area contributed by atoms with Crippen LogP contribution >= 0.6 is 11.6 Å². The van der Waals surface area contributed by atoms with E-state index in [0.717, 1.165) is 17.7 Å². The third kappa shape index (κ3) is 3.27. The van der Waals surface area contributed by atoms with Crippen molar-refractivity contribution in [3.05, 3.63) is 58.4 Å². The van der Waals surface area contributed by atoms with E-state index in [0.29, 0.717) is 22.8 Å². The topological polar surface area (TPSA) is 68.0 Å². The van der Waals surface area contributed by atoms with Gasteiger partial charge in [-0.15, -0.1) is 0 Å². The van der Waals surface area contributed by atoms with Crippen molar-refractivity contribution < 1.29 is 4.79 Å². The number of rotatable bonds is 4. The van der Waals surface area contributed by atoms with Crippen LogP contribution in [0.1, 0.15) is 28.5 Å². The predicted molar refractivity (Wildman–Crippen MR) is 80.6 cm³/mol. The standard InChI is InChI=1S/C15H16ClN3O/c1-2-10-4-3-7-18-14(10)9-19-15(20)11-5-6-13(17)12(16)8-11/h3-8H,2,9,17H2,1H3,(H,19,20). The van der Waals surface area contributed by atoms with Gasteiger partial charge in [-0.1, -0.05) is 24.6 Å². The highest BCUT2D eigenvalue weighted by molar-refractivity contribution is 6.33. The fourth-order valence-electron chi connectivity index (χ4n) is 1.89. The molecule has 2 rings (SSSR count). The van der Waals surface area contributed by atoms with E-state index in [4.69, 9.17) is 17.3 Å². The molecule has 0 aliphatic rings. The highest BCUT2D eigenvalue weighted by Crippen LogP contribution is 2.19. The Labute approximate surface area is 123 Å². The third-order valence-electron chi connectivity index (χ3n) is 3.04. The first kappa shape index (κ1) is 14.3. The molecule has 2 aromatic rings. The zero-order chi connectivity index (χ0) is 14.5. The van der Waals surface area contributed by atoms with Crippen molar-refractivity contribution in [1.82, 2.24) is 10.3 Å². The Balaban J connectivity index is 2.06. The van der Waals surface area contributed by atoms with Crippen molar-refractivity contribution >= 4 is 23.2 Å². The largest absolute Gasteiger partial charge is 0.398 e. The van der Waals surface area contributed by atoms with Gasteiger partial charge in [-0.05, 0) is 36.2 Å². The minimum Gasteiger partial charge on any atom is -0.398 e. The molecule has 1 heterocycles. The van der Waals surface area contributed by atoms with Crippen LogP contribution in [0.5, 0.6) is 0 Å². The molecule has 0 spiro atoms. The number of aromatic nitrogens is 1. The van der Waals surface area contributed by atoms with Crippen LogP contribution in [-0.2, 0) is 13.0 Å². The van der Waals surface area contributed by atoms with Crippen LogP contribution in [-0.4, -0.2) is 10.9 Å². The fraction of sp³-hybridized carbons (Fsp3) is 0.200. The Morgan fingerprint density at radius 1 is 1.40 bits per heavy atom. The number of hydrogen-bond acceptors (Lipinski definition) is 3. The summed E-state index contributed by atoms with van der Waals surface area (Å²) >= 11 is 5.91. The average Bonchev–Trinajstić information content (AvgIpc) is 2.47. The number of amides is 1. The summed E-state index contributed by atoms with van der Waals surface area (Å²) < 4.78 is 0. The summed E-state index contributed by atoms with van der Waals surface area (Å²) in [6.07, 6.45) is 2.60. The first-order chi connectivity index (χ1) is 9.61. The fourth-order valence-corrected chi connectivity index (χ4v) is 2.07. The van der Waals surface area contributed by atoms with Crippen molar-refractivity contribution in [1.29, 1.82) is 0 Å². The van der Waals surface area contributed by atoms with Gasteiger partial charge in [0.2, 0.25) is 0 Å². The molecule has 1 aromatic heterocycles. The zero-order valence-corrected chi connectivity index (χ0v) is 11.9. The molecular formula is C15H16ClN3O. The van der Waals surface area contributed by atoms with Crippen molar-refractivity contribution in [2.24, 2.45) is 0 Å². The molecule has 5 heteroatoms. The Morgan fingerprint density at radius 2 is 2.20 bits per heavy atom. The molecule has 0 saturated carbocycles. The zero-order valence-electron chi connectivity index (χ0n) is 11.2. The van der Waals surface area contributed by atoms with Crippen molar-refractivity contribution in [2.45, 2.75) is 19.9 Å². The van der Waals surface area contributed by atoms with Crippen LogP contribution in [0.4, 0.5) is 5.69 Å². The smallest absolute Gasteiger partial charge is 0.251 e. The van der Waals surface area contributed by atoms with Gasteiger partial charge in [-0.25, -0.2) is 0 Å². The van der Waals surface area contributed by atoms with Gasteiger partial charge in [0, 0.05) is 11.8 Å². The van der Waals surface area contributed by atoms with Crippen LogP contribution < -0.4 is 11.1 Å². The summed E-state index contributed by atoms with van der Waals surface area (Å²) in [4.78, 5) is 16.3. The highest BCUT2D eigenvalue weighted by Gasteiger charge is 2.09. The molecule has 0 fully saturated rings. The van der Waals surface area contributed by atoms with Gasteiger partial charge in [0.1, 0.15) is 0 Å². The molecule has 1 aromatic carbocycles. The number of halogens is 1. The lowest BCUT2D eigenvalue weighted by Gasteiger charge is -2.09. The lowest BCUT2D eigenvalue weighted by atomic mass is 10.1. The number of nitrogens with zero attached hydrogens (tertiary/aromatic N) is 1. The van der Waals surface area contributed by atoms with E-state index in [-0.39, 0.29) is 5.91 Å². The summed E-state index contributed by atoms with van der Waals surface area (Å²) in [7, 11) is 0. The summed E-state index contributed by atoms with van der Waals surface area (Å²) in [6, 6.07) is 8.73. The van der Waals surface area contributed by atoms with E-state index in [1.54, 1.807) is 24.4 Å². The first-order valence-electron chi connectivity index (χ1n) is 6.37. The van der Waals surface area contributed by atoms with E-state index < -0.39 is 0 Å². The number of aryl methyl sites for hydroxylation is 1. The van der Waals surface area contributed by atoms with Crippen LogP contribution in [0, 0.1) is 0 Å². The van der Waals surface area contributed by atoms with E-state index in [9.17, 15) is 4.79 Å². The second-order valence-electron chi connectivity index (χ2n) is 4.38. The van der Waals surface area contributed by atoms with Gasteiger partial charge in [0.25, 0.3) is 5.91 Å². The molecule has 20 heavy (non-hydrogen) atoms. The molecule has 1 amide bonds. The van der Waals surface area contributed by atoms with Crippen molar-refractivity contribution in [3.8, 4) is 0 Å². The van der Waals surface area contributed by atoms with Crippen LogP contribution in [0.2, 0.25) is 5.02 Å². The maximum atomic E-state index is 12.0. The molecule has 0 aliphatic carbocycles. The first-order valence-corrected chi connectivity index (χ1v) is 6.75. The molecule has 0 saturated heterocycles. The van der Waals surface area contributed by atoms with E-state index >= 15 is 0 Å². The summed E-state index contributed by atoms with van der Waals surface area (Å²) in [5.41, 5.74) is 8.57. The minimum absolute atomic E-state index is 0.195. The number of hydrogen-bond donors (Lipinski definition) is 2. The lowest BCUT2D eigenvalue weighted by Crippen LogP contribution is -2.24. The Kier molecular flexibility index (Phi) is 4.58. The molecular weight excluding hydrogens is 274 g/mol. The maximum absolute atomic E-state index is 12.0. The maximum Gasteiger partial charge on any atom is 0.251 e. The molecule has 0 bridgehead atoms. The van der Waals surface area contributed by atoms with Crippen LogP contribution in [0.15, 0.2) is 36.5 Å². The van der Waals surface area contributed by atoms with Gasteiger partial charge < -0.3 is 11.1 Å². The Hall–Kier alpha value is -2.07. The quantitative estimate of drug-likeness (QED) is 0.851. The number of nitrogens with two attached hydrogens (primary N) is 1. The van der Waals surface area contributed by atoms with Gasteiger partial charge in [-0.3, -0.25) is 9.78 Å². The highest BCUT2D eigenvalue weighted by atomic mass is 35.5. The SMILES string of the molecule is CCc1cccnc1CNC(=O)c1ccc(N)c(Cl)c1. The van der Waals surface area contributed by atoms with Crippen LogP contribution in [0.25, 0.3) is 0 Å². The van der Waals surface area contributed by atoms with E-state index in [1.165, 1.54) is 0 Å². The second kappa shape index (κ2) is 6.39. The van der Waals surface area contributed by atoms with Gasteiger partial charge >= 0.3 is 0 Å². The van der Waals surface area contributed by atoms with Gasteiger partial charge in [0.15, 0.2) is 0 Å². The molecule has 104 valence electrons. The molecule has 0 unspecified atom stereocenters. The van der Waals surface area contributed by atoms with E-state index in [2.05, 4.69) is 17.2 Å². The molecule has 0 aliphatic heterocycles. The van der Waals surface area contributed by atoms with Gasteiger partial charge in [0.05, 0.1) is 22.9 Å². The molecule has 4 nitrogen and oxygen atoms in total. The number of nitrogens with one attached hydrogen (secondary N) is 1. The number of carbonyl (C=O) groups excluding carboxylic acids is 1. The predicted octanol–water partition coefficient (Wildman–Crippen LogP) is 2.81. The monoisotopic (exact) mass is 289 g/mol. The normalized spacial score (nSPS) is 10.3. The van der Waals surface area contributed by atoms with Crippen molar-refractivity contribution in [3.63, 3.8) is 0 Å². The van der Waals surface area contributed by atoms with Crippen molar-refractivity contribution in [2.75, 3.05) is 5.73 Å². The third-order valence-corrected chi connectivity index (χ3v) is 3.37. The summed E-state index contributed by atoms with van der Waals surface area (Å²) in [6.45, 7) is 2.45. The lowest BCUT2D eigenvalue weighted by molar-refractivity contribution is 0.0950. The number of anilines is 1. The summed E-state index contributed by atoms with van der Waals surface area (Å²) in [5.74, 6) is -0.195.